The lowest BCUT2D eigenvalue weighted by atomic mass is 10.1. The maximum Gasteiger partial charge on any atom is 0.0628 e. The Hall–Kier alpha value is -0.830. The zero-order valence-corrected chi connectivity index (χ0v) is 11.3. The molecule has 0 aliphatic carbocycles. The highest BCUT2D eigenvalue weighted by Gasteiger charge is 2.13. The average molecular weight is 223 g/mol. The van der Waals surface area contributed by atoms with E-state index >= 15 is 0 Å². The third-order valence-electron chi connectivity index (χ3n) is 3.23. The molecule has 0 amide bonds. The molecule has 0 aliphatic heterocycles. The number of nitrogens with zero attached hydrogens (tertiary/aromatic N) is 2. The second kappa shape index (κ2) is 6.04. The summed E-state index contributed by atoms with van der Waals surface area (Å²) in [6.45, 7) is 13.0. The highest BCUT2D eigenvalue weighted by atomic mass is 15.3. The lowest BCUT2D eigenvalue weighted by molar-refractivity contribution is 0.437. The number of hydrogen-bond donors (Lipinski definition) is 1. The molecule has 16 heavy (non-hydrogen) atoms. The SMILES string of the molecule is CCNCCC(C)n1nc(C)c(CC)c1C. The van der Waals surface area contributed by atoms with Crippen molar-refractivity contribution in [2.45, 2.75) is 53.5 Å². The van der Waals surface area contributed by atoms with Crippen molar-refractivity contribution in [3.05, 3.63) is 17.0 Å². The summed E-state index contributed by atoms with van der Waals surface area (Å²) in [5, 5.41) is 8.01. The molecular weight excluding hydrogens is 198 g/mol. The molecule has 0 fully saturated rings. The van der Waals surface area contributed by atoms with Gasteiger partial charge in [0.2, 0.25) is 0 Å². The van der Waals surface area contributed by atoms with Crippen LogP contribution in [0.25, 0.3) is 0 Å². The molecule has 1 N–H and O–H groups in total. The Balaban J connectivity index is 2.71. The topological polar surface area (TPSA) is 29.9 Å². The highest BCUT2D eigenvalue weighted by Crippen LogP contribution is 2.19. The molecule has 0 radical (unpaired) electrons. The molecule has 0 saturated heterocycles. The first-order valence-electron chi connectivity index (χ1n) is 6.37. The molecule has 1 unspecified atom stereocenters. The van der Waals surface area contributed by atoms with Crippen LogP contribution in [0, 0.1) is 13.8 Å². The standard InChI is InChI=1S/C13H25N3/c1-6-13-11(4)15-16(12(13)5)10(3)8-9-14-7-2/h10,14H,6-9H2,1-5H3. The van der Waals surface area contributed by atoms with Gasteiger partial charge in [0.25, 0.3) is 0 Å². The van der Waals surface area contributed by atoms with E-state index in [1.54, 1.807) is 0 Å². The van der Waals surface area contributed by atoms with Crippen molar-refractivity contribution in [1.82, 2.24) is 15.1 Å². The molecule has 0 aliphatic rings. The minimum absolute atomic E-state index is 0.484. The van der Waals surface area contributed by atoms with Crippen molar-refractivity contribution in [3.8, 4) is 0 Å². The van der Waals surface area contributed by atoms with Gasteiger partial charge < -0.3 is 5.32 Å². The van der Waals surface area contributed by atoms with Gasteiger partial charge in [0.15, 0.2) is 0 Å². The molecule has 0 bridgehead atoms. The van der Waals surface area contributed by atoms with E-state index < -0.39 is 0 Å². The van der Waals surface area contributed by atoms with Gasteiger partial charge in [-0.1, -0.05) is 13.8 Å². The number of aryl methyl sites for hydroxylation is 1. The van der Waals surface area contributed by atoms with E-state index in [-0.39, 0.29) is 0 Å². The Bertz CT molecular complexity index is 328. The minimum atomic E-state index is 0.484. The minimum Gasteiger partial charge on any atom is -0.317 e. The van der Waals surface area contributed by atoms with E-state index in [0.29, 0.717) is 6.04 Å². The lowest BCUT2D eigenvalue weighted by Crippen LogP contribution is -2.19. The zero-order valence-electron chi connectivity index (χ0n) is 11.3. The van der Waals surface area contributed by atoms with Crippen molar-refractivity contribution in [1.29, 1.82) is 0 Å². The van der Waals surface area contributed by atoms with Crippen LogP contribution >= 0.6 is 0 Å². The fourth-order valence-electron chi connectivity index (χ4n) is 2.25. The summed E-state index contributed by atoms with van der Waals surface area (Å²) >= 11 is 0. The first-order valence-corrected chi connectivity index (χ1v) is 6.37. The molecule has 0 aromatic carbocycles. The molecule has 1 heterocycles. The van der Waals surface area contributed by atoms with Crippen LogP contribution in [-0.4, -0.2) is 22.9 Å². The molecule has 3 nitrogen and oxygen atoms in total. The number of aromatic nitrogens is 2. The van der Waals surface area contributed by atoms with Crippen molar-refractivity contribution >= 4 is 0 Å². The van der Waals surface area contributed by atoms with Crippen LogP contribution < -0.4 is 5.32 Å². The quantitative estimate of drug-likeness (QED) is 0.751. The summed E-state index contributed by atoms with van der Waals surface area (Å²) in [7, 11) is 0. The average Bonchev–Trinajstić information content (AvgIpc) is 2.54. The number of nitrogens with one attached hydrogen (secondary N) is 1. The molecule has 1 atom stereocenters. The van der Waals surface area contributed by atoms with Gasteiger partial charge in [-0.25, -0.2) is 0 Å². The summed E-state index contributed by atoms with van der Waals surface area (Å²) in [6, 6.07) is 0.484. The maximum atomic E-state index is 4.65. The fraction of sp³-hybridized carbons (Fsp3) is 0.769. The van der Waals surface area contributed by atoms with E-state index in [4.69, 9.17) is 0 Å². The molecule has 92 valence electrons. The molecule has 1 rings (SSSR count). The van der Waals surface area contributed by atoms with Crippen LogP contribution in [0.4, 0.5) is 0 Å². The Morgan fingerprint density at radius 2 is 2.00 bits per heavy atom. The predicted molar refractivity (Wildman–Crippen MR) is 69.0 cm³/mol. The Labute approximate surface area is 99.2 Å². The Morgan fingerprint density at radius 3 is 2.50 bits per heavy atom. The normalized spacial score (nSPS) is 13.1. The van der Waals surface area contributed by atoms with Crippen LogP contribution in [0.15, 0.2) is 0 Å². The number of hydrogen-bond acceptors (Lipinski definition) is 2. The lowest BCUT2D eigenvalue weighted by Gasteiger charge is -2.14. The van der Waals surface area contributed by atoms with Crippen LogP contribution in [0.5, 0.6) is 0 Å². The van der Waals surface area contributed by atoms with E-state index in [1.807, 2.05) is 0 Å². The second-order valence-electron chi connectivity index (χ2n) is 4.44. The molecule has 0 saturated carbocycles. The molecular formula is C13H25N3. The second-order valence-corrected chi connectivity index (χ2v) is 4.44. The monoisotopic (exact) mass is 223 g/mol. The van der Waals surface area contributed by atoms with Gasteiger partial charge in [0.05, 0.1) is 11.7 Å². The molecule has 0 spiro atoms. The van der Waals surface area contributed by atoms with E-state index in [0.717, 1.165) is 25.9 Å². The Morgan fingerprint density at radius 1 is 1.31 bits per heavy atom. The summed E-state index contributed by atoms with van der Waals surface area (Å²) < 4.78 is 2.19. The van der Waals surface area contributed by atoms with Gasteiger partial charge in [-0.2, -0.15) is 5.10 Å². The Kier molecular flexibility index (Phi) is 5.00. The van der Waals surface area contributed by atoms with Crippen molar-refractivity contribution in [2.24, 2.45) is 0 Å². The maximum absolute atomic E-state index is 4.65. The van der Waals surface area contributed by atoms with Crippen molar-refractivity contribution < 1.29 is 0 Å². The third-order valence-corrected chi connectivity index (χ3v) is 3.23. The largest absolute Gasteiger partial charge is 0.317 e. The van der Waals surface area contributed by atoms with Crippen LogP contribution in [-0.2, 0) is 6.42 Å². The first kappa shape index (κ1) is 13.2. The van der Waals surface area contributed by atoms with Crippen LogP contribution in [0.2, 0.25) is 0 Å². The van der Waals surface area contributed by atoms with Gasteiger partial charge in [0.1, 0.15) is 0 Å². The van der Waals surface area contributed by atoms with E-state index in [2.05, 4.69) is 49.7 Å². The predicted octanol–water partition coefficient (Wildman–Crippen LogP) is 2.62. The van der Waals surface area contributed by atoms with Crippen LogP contribution in [0.3, 0.4) is 0 Å². The van der Waals surface area contributed by atoms with Gasteiger partial charge in [-0.05, 0) is 52.3 Å². The molecule has 3 heteroatoms. The van der Waals surface area contributed by atoms with Gasteiger partial charge >= 0.3 is 0 Å². The zero-order chi connectivity index (χ0) is 12.1. The first-order chi connectivity index (χ1) is 7.61. The van der Waals surface area contributed by atoms with Crippen molar-refractivity contribution in [3.63, 3.8) is 0 Å². The fourth-order valence-corrected chi connectivity index (χ4v) is 2.25. The van der Waals surface area contributed by atoms with E-state index in [9.17, 15) is 0 Å². The number of rotatable bonds is 6. The smallest absolute Gasteiger partial charge is 0.0628 e. The van der Waals surface area contributed by atoms with Gasteiger partial charge in [0, 0.05) is 5.69 Å². The highest BCUT2D eigenvalue weighted by molar-refractivity contribution is 5.24. The van der Waals surface area contributed by atoms with Crippen molar-refractivity contribution in [2.75, 3.05) is 13.1 Å². The summed E-state index contributed by atoms with van der Waals surface area (Å²) in [4.78, 5) is 0. The molecule has 1 aromatic heterocycles. The summed E-state index contributed by atoms with van der Waals surface area (Å²) in [5.74, 6) is 0. The van der Waals surface area contributed by atoms with Gasteiger partial charge in [-0.3, -0.25) is 4.68 Å². The summed E-state index contributed by atoms with van der Waals surface area (Å²) in [6.07, 6.45) is 2.22. The van der Waals surface area contributed by atoms with E-state index in [1.165, 1.54) is 17.0 Å². The van der Waals surface area contributed by atoms with Gasteiger partial charge in [-0.15, -0.1) is 0 Å². The molecule has 1 aromatic rings. The van der Waals surface area contributed by atoms with Crippen LogP contribution in [0.1, 0.15) is 50.2 Å². The third kappa shape index (κ3) is 2.85. The summed E-state index contributed by atoms with van der Waals surface area (Å²) in [5.41, 5.74) is 3.94.